The van der Waals surface area contributed by atoms with Gasteiger partial charge in [0.2, 0.25) is 0 Å². The number of benzene rings is 2. The van der Waals surface area contributed by atoms with Crippen LogP contribution in [0.3, 0.4) is 0 Å². The van der Waals surface area contributed by atoms with E-state index in [1.165, 1.54) is 41.4 Å². The van der Waals surface area contributed by atoms with Gasteiger partial charge < -0.3 is 20.1 Å². The first-order valence-electron chi connectivity index (χ1n) is 11.9. The molecule has 0 saturated carbocycles. The Balaban J connectivity index is 1.28. The first kappa shape index (κ1) is 25.5. The summed E-state index contributed by atoms with van der Waals surface area (Å²) < 4.78 is 21.6. The highest BCUT2D eigenvalue weighted by atomic mass is 19.1. The van der Waals surface area contributed by atoms with Crippen LogP contribution in [0.5, 0.6) is 11.5 Å². The fraction of sp³-hybridized carbons (Fsp3) is 0.148. The Hall–Kier alpha value is -5.10. The summed E-state index contributed by atoms with van der Waals surface area (Å²) >= 11 is 0. The van der Waals surface area contributed by atoms with Gasteiger partial charge in [-0.15, -0.1) is 0 Å². The van der Waals surface area contributed by atoms with Crippen molar-refractivity contribution in [3.05, 3.63) is 100 Å². The number of aliphatic hydroxyl groups is 1. The lowest BCUT2D eigenvalue weighted by Crippen LogP contribution is -2.54. The molecule has 39 heavy (non-hydrogen) atoms. The number of nitrogens with zero attached hydrogens (tertiary/aromatic N) is 4. The number of carbonyl (C=O) groups is 2. The Morgan fingerprint density at radius 3 is 2.54 bits per heavy atom. The maximum Gasteiger partial charge on any atom is 0.323 e. The van der Waals surface area contributed by atoms with Gasteiger partial charge in [-0.25, -0.2) is 14.2 Å². The number of urea groups is 1. The van der Waals surface area contributed by atoms with E-state index in [9.17, 15) is 23.9 Å². The van der Waals surface area contributed by atoms with Crippen molar-refractivity contribution in [2.75, 3.05) is 23.7 Å². The number of aryl methyl sites for hydroxylation is 1. The second-order valence-electron chi connectivity index (χ2n) is 8.83. The number of β-amino-alcohol motifs (C(OH)–C–C–N with tert-alkyl or cyclic N) is 1. The zero-order chi connectivity index (χ0) is 27.5. The standard InChI is InChI=1S/C27H23FN6O5/c1-16-11-24(36)34(18-5-3-2-4-6-18)32-25(16)26(37)30-17-7-8-22(21(28)12-17)39-20-9-10-29-23(13-20)31-27(38)33-14-19(35)15-33/h2-13,19,35H,14-15H2,1H3,(H,30,37)(H,29,31,38). The molecule has 198 valence electrons. The third kappa shape index (κ3) is 5.75. The van der Waals surface area contributed by atoms with Crippen LogP contribution in [0.15, 0.2) is 77.7 Å². The van der Waals surface area contributed by atoms with Crippen LogP contribution in [-0.4, -0.2) is 55.9 Å². The lowest BCUT2D eigenvalue weighted by Gasteiger charge is -2.35. The van der Waals surface area contributed by atoms with Crippen LogP contribution in [-0.2, 0) is 0 Å². The van der Waals surface area contributed by atoms with Crippen molar-refractivity contribution in [1.82, 2.24) is 19.7 Å². The lowest BCUT2D eigenvalue weighted by atomic mass is 10.2. The summed E-state index contributed by atoms with van der Waals surface area (Å²) in [5.74, 6) is -1.06. The molecule has 0 unspecified atom stereocenters. The van der Waals surface area contributed by atoms with Crippen LogP contribution in [0, 0.1) is 12.7 Å². The largest absolute Gasteiger partial charge is 0.454 e. The van der Waals surface area contributed by atoms with E-state index in [0.717, 1.165) is 10.7 Å². The third-order valence-corrected chi connectivity index (χ3v) is 5.87. The number of anilines is 2. The molecule has 1 aliphatic rings. The number of aromatic nitrogens is 3. The van der Waals surface area contributed by atoms with E-state index in [4.69, 9.17) is 4.74 Å². The van der Waals surface area contributed by atoms with E-state index in [1.807, 2.05) is 0 Å². The minimum Gasteiger partial charge on any atom is -0.454 e. The van der Waals surface area contributed by atoms with Crippen LogP contribution in [0.25, 0.3) is 5.69 Å². The molecule has 11 nitrogen and oxygen atoms in total. The molecule has 0 bridgehead atoms. The number of ether oxygens (including phenoxy) is 1. The minimum absolute atomic E-state index is 0.0123. The maximum absolute atomic E-state index is 14.9. The van der Waals surface area contributed by atoms with Crippen LogP contribution < -0.4 is 20.9 Å². The van der Waals surface area contributed by atoms with Gasteiger partial charge in [0.15, 0.2) is 17.3 Å². The van der Waals surface area contributed by atoms with Gasteiger partial charge in [0.05, 0.1) is 24.9 Å². The molecule has 4 aromatic rings. The van der Waals surface area contributed by atoms with Gasteiger partial charge in [0.1, 0.15) is 11.6 Å². The van der Waals surface area contributed by atoms with Crippen molar-refractivity contribution < 1.29 is 23.8 Å². The van der Waals surface area contributed by atoms with Crippen LogP contribution >= 0.6 is 0 Å². The van der Waals surface area contributed by atoms with Gasteiger partial charge in [-0.1, -0.05) is 18.2 Å². The Labute approximate surface area is 221 Å². The first-order chi connectivity index (χ1) is 18.8. The van der Waals surface area contributed by atoms with Crippen LogP contribution in [0.4, 0.5) is 20.7 Å². The highest BCUT2D eigenvalue weighted by Crippen LogP contribution is 2.28. The zero-order valence-electron chi connectivity index (χ0n) is 20.7. The summed E-state index contributed by atoms with van der Waals surface area (Å²) in [5.41, 5.74) is 0.653. The lowest BCUT2D eigenvalue weighted by molar-refractivity contribution is 0.0308. The molecule has 3 N–H and O–H groups in total. The normalized spacial score (nSPS) is 12.9. The smallest absolute Gasteiger partial charge is 0.323 e. The Bertz CT molecular complexity index is 1600. The highest BCUT2D eigenvalue weighted by Gasteiger charge is 2.29. The van der Waals surface area contributed by atoms with E-state index in [1.54, 1.807) is 37.3 Å². The fourth-order valence-corrected chi connectivity index (χ4v) is 3.85. The van der Waals surface area contributed by atoms with Crippen molar-refractivity contribution in [2.45, 2.75) is 13.0 Å². The predicted molar refractivity (Wildman–Crippen MR) is 140 cm³/mol. The van der Waals surface area contributed by atoms with Crippen LogP contribution in [0.1, 0.15) is 16.1 Å². The zero-order valence-corrected chi connectivity index (χ0v) is 20.7. The predicted octanol–water partition coefficient (Wildman–Crippen LogP) is 3.33. The number of pyridine rings is 1. The van der Waals surface area contributed by atoms with Gasteiger partial charge in [-0.05, 0) is 42.8 Å². The van der Waals surface area contributed by atoms with Crippen molar-refractivity contribution in [1.29, 1.82) is 0 Å². The van der Waals surface area contributed by atoms with Crippen LogP contribution in [0.2, 0.25) is 0 Å². The van der Waals surface area contributed by atoms with Gasteiger partial charge in [-0.3, -0.25) is 14.9 Å². The topological polar surface area (TPSA) is 139 Å². The van der Waals surface area contributed by atoms with Crippen molar-refractivity contribution >= 4 is 23.4 Å². The van der Waals surface area contributed by atoms with Crippen molar-refractivity contribution in [3.8, 4) is 17.2 Å². The number of rotatable bonds is 6. The monoisotopic (exact) mass is 530 g/mol. The molecule has 1 fully saturated rings. The average Bonchev–Trinajstić information content (AvgIpc) is 2.89. The highest BCUT2D eigenvalue weighted by molar-refractivity contribution is 6.03. The molecule has 0 spiro atoms. The summed E-state index contributed by atoms with van der Waals surface area (Å²) in [6.07, 6.45) is 0.866. The van der Waals surface area contributed by atoms with E-state index in [2.05, 4.69) is 20.7 Å². The molecular weight excluding hydrogens is 507 g/mol. The number of aliphatic hydroxyl groups excluding tert-OH is 1. The molecule has 12 heteroatoms. The Morgan fingerprint density at radius 2 is 1.82 bits per heavy atom. The summed E-state index contributed by atoms with van der Waals surface area (Å²) in [6, 6.07) is 16.4. The molecule has 1 aliphatic heterocycles. The van der Waals surface area contributed by atoms with E-state index >= 15 is 0 Å². The molecule has 2 aromatic heterocycles. The fourth-order valence-electron chi connectivity index (χ4n) is 3.85. The second-order valence-corrected chi connectivity index (χ2v) is 8.83. The van der Waals surface area contributed by atoms with Crippen molar-refractivity contribution in [2.24, 2.45) is 0 Å². The second kappa shape index (κ2) is 10.7. The van der Waals surface area contributed by atoms with Gasteiger partial charge >= 0.3 is 6.03 Å². The van der Waals surface area contributed by atoms with Crippen molar-refractivity contribution in [3.63, 3.8) is 0 Å². The molecule has 3 amide bonds. The number of para-hydroxylation sites is 1. The molecule has 0 atom stereocenters. The number of carbonyl (C=O) groups excluding carboxylic acids is 2. The van der Waals surface area contributed by atoms with Gasteiger partial charge in [0, 0.05) is 30.1 Å². The molecule has 1 saturated heterocycles. The number of nitrogens with one attached hydrogen (secondary N) is 2. The van der Waals surface area contributed by atoms with E-state index in [-0.39, 0.29) is 47.3 Å². The molecule has 5 rings (SSSR count). The third-order valence-electron chi connectivity index (χ3n) is 5.87. The Kier molecular flexibility index (Phi) is 7.02. The van der Waals surface area contributed by atoms with E-state index < -0.39 is 23.9 Å². The number of hydrogen-bond donors (Lipinski definition) is 3. The summed E-state index contributed by atoms with van der Waals surface area (Å²) in [6.45, 7) is 2.07. The number of likely N-dealkylation sites (tertiary alicyclic amines) is 1. The van der Waals surface area contributed by atoms with Gasteiger partial charge in [-0.2, -0.15) is 9.78 Å². The molecule has 3 heterocycles. The molecule has 2 aromatic carbocycles. The summed E-state index contributed by atoms with van der Waals surface area (Å²) in [4.78, 5) is 42.9. The van der Waals surface area contributed by atoms with Gasteiger partial charge in [0.25, 0.3) is 11.5 Å². The molecule has 0 aliphatic carbocycles. The average molecular weight is 531 g/mol. The summed E-state index contributed by atoms with van der Waals surface area (Å²) in [5, 5.41) is 18.7. The molecule has 0 radical (unpaired) electrons. The maximum atomic E-state index is 14.9. The number of hydrogen-bond acceptors (Lipinski definition) is 7. The summed E-state index contributed by atoms with van der Waals surface area (Å²) in [7, 11) is 0. The SMILES string of the molecule is Cc1cc(=O)n(-c2ccccc2)nc1C(=O)Nc1ccc(Oc2ccnc(NC(=O)N3CC(O)C3)c2)c(F)c1. The number of halogens is 1. The van der Waals surface area contributed by atoms with E-state index in [0.29, 0.717) is 11.3 Å². The molecular formula is C27H23FN6O5. The Morgan fingerprint density at radius 1 is 1.05 bits per heavy atom. The minimum atomic E-state index is -0.747. The first-order valence-corrected chi connectivity index (χ1v) is 11.9. The quantitative estimate of drug-likeness (QED) is 0.348. The number of amides is 3.